The van der Waals surface area contributed by atoms with Gasteiger partial charge in [-0.25, -0.2) is 0 Å². The topological polar surface area (TPSA) is 82.6 Å². The van der Waals surface area contributed by atoms with Gasteiger partial charge in [-0.2, -0.15) is 13.2 Å². The van der Waals surface area contributed by atoms with Crippen molar-refractivity contribution >= 4 is 11.6 Å². The van der Waals surface area contributed by atoms with E-state index < -0.39 is 29.8 Å². The monoisotopic (exact) mass is 569 g/mol. The zero-order valence-corrected chi connectivity index (χ0v) is 23.4. The van der Waals surface area contributed by atoms with Crippen molar-refractivity contribution in [2.75, 3.05) is 25.0 Å². The van der Waals surface area contributed by atoms with Gasteiger partial charge in [0.2, 0.25) is 0 Å². The van der Waals surface area contributed by atoms with E-state index >= 15 is 0 Å². The summed E-state index contributed by atoms with van der Waals surface area (Å²) in [5.41, 5.74) is 2.29. The maximum atomic E-state index is 13.7. The number of aliphatic hydroxyl groups is 1. The summed E-state index contributed by atoms with van der Waals surface area (Å²) in [7, 11) is 0. The minimum atomic E-state index is -4.61. The van der Waals surface area contributed by atoms with Crippen LogP contribution in [0.2, 0.25) is 0 Å². The molecular weight excluding hydrogens is 531 g/mol. The molecule has 2 atom stereocenters. The molecule has 3 aromatic carbocycles. The maximum Gasteiger partial charge on any atom is 0.416 e. The van der Waals surface area contributed by atoms with Crippen LogP contribution >= 0.6 is 0 Å². The van der Waals surface area contributed by atoms with E-state index in [9.17, 15) is 23.1 Å². The van der Waals surface area contributed by atoms with Crippen LogP contribution in [0.4, 0.5) is 18.9 Å². The van der Waals surface area contributed by atoms with Gasteiger partial charge >= 0.3 is 6.18 Å². The quantitative estimate of drug-likeness (QED) is 0.297. The van der Waals surface area contributed by atoms with Gasteiger partial charge in [-0.3, -0.25) is 4.79 Å². The van der Waals surface area contributed by atoms with Crippen LogP contribution in [0.3, 0.4) is 0 Å². The van der Waals surface area contributed by atoms with Crippen molar-refractivity contribution in [2.24, 2.45) is 0 Å². The highest BCUT2D eigenvalue weighted by atomic mass is 19.4. The number of halogens is 3. The highest BCUT2D eigenvalue weighted by molar-refractivity contribution is 5.95. The minimum absolute atomic E-state index is 0.123. The largest absolute Gasteiger partial charge is 0.494 e. The number of rotatable bonds is 6. The van der Waals surface area contributed by atoms with Crippen molar-refractivity contribution in [3.8, 4) is 5.75 Å². The maximum absolute atomic E-state index is 13.7. The summed E-state index contributed by atoms with van der Waals surface area (Å²) in [5, 5.41) is 20.2. The fourth-order valence-electron chi connectivity index (χ4n) is 4.79. The third kappa shape index (κ3) is 8.96. The van der Waals surface area contributed by atoms with E-state index in [1.165, 1.54) is 11.6 Å². The molecule has 4 N–H and O–H groups in total. The average Bonchev–Trinajstić information content (AvgIpc) is 2.93. The molecule has 0 aromatic heterocycles. The van der Waals surface area contributed by atoms with Crippen molar-refractivity contribution in [1.29, 1.82) is 0 Å². The molecule has 0 aliphatic carbocycles. The molecule has 1 amide bonds. The third-order valence-electron chi connectivity index (χ3n) is 7.13. The number of alkyl halides is 3. The molecule has 1 aliphatic rings. The Hall–Kier alpha value is -3.56. The summed E-state index contributed by atoms with van der Waals surface area (Å²) < 4.78 is 46.9. The molecule has 0 unspecified atom stereocenters. The summed E-state index contributed by atoms with van der Waals surface area (Å²) in [5.74, 6) is 0.387. The van der Waals surface area contributed by atoms with Crippen LogP contribution in [-0.2, 0) is 19.1 Å². The number of benzene rings is 3. The molecule has 4 rings (SSSR count). The van der Waals surface area contributed by atoms with Crippen LogP contribution in [0.15, 0.2) is 66.7 Å². The number of carbonyl (C=O) groups excluding carboxylic acids is 1. The van der Waals surface area contributed by atoms with Crippen LogP contribution in [-0.4, -0.2) is 42.9 Å². The van der Waals surface area contributed by atoms with Crippen molar-refractivity contribution in [3.63, 3.8) is 0 Å². The summed E-state index contributed by atoms with van der Waals surface area (Å²) in [6, 6.07) is 18.1. The molecule has 0 spiro atoms. The van der Waals surface area contributed by atoms with E-state index in [2.05, 4.69) is 41.9 Å². The second kappa shape index (κ2) is 13.9. The lowest BCUT2D eigenvalue weighted by atomic mass is 9.99. The number of ether oxygens (including phenoxy) is 1. The highest BCUT2D eigenvalue weighted by Gasteiger charge is 2.32. The Balaban J connectivity index is 1.56. The average molecular weight is 570 g/mol. The molecule has 4 bridgehead atoms. The Kier molecular flexibility index (Phi) is 10.3. The number of carbonyl (C=O) groups is 1. The first-order valence-electron chi connectivity index (χ1n) is 14.0. The summed E-state index contributed by atoms with van der Waals surface area (Å²) in [4.78, 5) is 13.3. The lowest BCUT2D eigenvalue weighted by Gasteiger charge is -2.25. The number of aliphatic hydroxyl groups excluding tert-OH is 1. The predicted molar refractivity (Wildman–Crippen MR) is 154 cm³/mol. The van der Waals surface area contributed by atoms with E-state index in [0.717, 1.165) is 23.3 Å². The van der Waals surface area contributed by atoms with E-state index in [1.807, 2.05) is 36.4 Å². The number of nitrogens with one attached hydrogen (secondary N) is 3. The zero-order valence-electron chi connectivity index (χ0n) is 23.4. The standard InChI is InChI=1S/C32H38F3N3O3/c1-21(2)24-9-5-8-23(13-24)19-36-20-30(39)29-15-22-7-6-10-28(14-22)41-12-4-3-11-37-27-17-25(31(40)38-29)16-26(18-27)32(33,34)35/h5-10,13-14,16-18,21,29-30,36-37,39H,3-4,11-12,15,19-20H2,1-2H3,(H,38,40)/t29-,30+/m0/s1. The van der Waals surface area contributed by atoms with Crippen molar-refractivity contribution in [2.45, 2.75) is 63.9 Å². The van der Waals surface area contributed by atoms with Crippen LogP contribution in [0.25, 0.3) is 0 Å². The van der Waals surface area contributed by atoms with Crippen molar-refractivity contribution in [3.05, 3.63) is 94.5 Å². The normalized spacial score (nSPS) is 17.3. The molecule has 0 fully saturated rings. The highest BCUT2D eigenvalue weighted by Crippen LogP contribution is 2.32. The first-order valence-corrected chi connectivity index (χ1v) is 14.0. The second-order valence-electron chi connectivity index (χ2n) is 10.8. The van der Waals surface area contributed by atoms with Gasteiger partial charge in [-0.1, -0.05) is 50.2 Å². The van der Waals surface area contributed by atoms with Gasteiger partial charge in [0.15, 0.2) is 0 Å². The molecular formula is C32H38F3N3O3. The van der Waals surface area contributed by atoms with E-state index in [0.29, 0.717) is 44.2 Å². The third-order valence-corrected chi connectivity index (χ3v) is 7.13. The van der Waals surface area contributed by atoms with Gasteiger partial charge in [0.1, 0.15) is 5.75 Å². The fourth-order valence-corrected chi connectivity index (χ4v) is 4.79. The summed E-state index contributed by atoms with van der Waals surface area (Å²) in [6.07, 6.45) is -3.98. The van der Waals surface area contributed by atoms with Crippen LogP contribution < -0.4 is 20.7 Å². The second-order valence-corrected chi connectivity index (χ2v) is 10.8. The van der Waals surface area contributed by atoms with E-state index in [-0.39, 0.29) is 24.2 Å². The molecule has 0 saturated heterocycles. The van der Waals surface area contributed by atoms with Gasteiger partial charge in [-0.05, 0) is 72.2 Å². The molecule has 3 aromatic rings. The lowest BCUT2D eigenvalue weighted by Crippen LogP contribution is -2.48. The number of amides is 1. The molecule has 0 radical (unpaired) electrons. The van der Waals surface area contributed by atoms with E-state index in [1.54, 1.807) is 0 Å². The fraction of sp³-hybridized carbons (Fsp3) is 0.406. The molecule has 6 nitrogen and oxygen atoms in total. The smallest absolute Gasteiger partial charge is 0.416 e. The van der Waals surface area contributed by atoms with Crippen molar-refractivity contribution < 1.29 is 27.8 Å². The first-order chi connectivity index (χ1) is 19.6. The number of hydrogen-bond donors (Lipinski definition) is 4. The van der Waals surface area contributed by atoms with Crippen LogP contribution in [0.1, 0.15) is 65.2 Å². The summed E-state index contributed by atoms with van der Waals surface area (Å²) in [6.45, 7) is 5.83. The van der Waals surface area contributed by atoms with Crippen LogP contribution in [0.5, 0.6) is 5.75 Å². The van der Waals surface area contributed by atoms with Crippen LogP contribution in [0, 0.1) is 0 Å². The molecule has 41 heavy (non-hydrogen) atoms. The van der Waals surface area contributed by atoms with Gasteiger partial charge in [0.25, 0.3) is 5.91 Å². The molecule has 1 heterocycles. The Morgan fingerprint density at radius 2 is 1.85 bits per heavy atom. The number of hydrogen-bond acceptors (Lipinski definition) is 5. The molecule has 0 saturated carbocycles. The zero-order chi connectivity index (χ0) is 29.4. The Labute approximate surface area is 239 Å². The van der Waals surface area contributed by atoms with Gasteiger partial charge in [0, 0.05) is 30.9 Å². The predicted octanol–water partition coefficient (Wildman–Crippen LogP) is 5.91. The minimum Gasteiger partial charge on any atom is -0.494 e. The Morgan fingerprint density at radius 1 is 1.05 bits per heavy atom. The number of fused-ring (bicyclic) bond motifs is 4. The Morgan fingerprint density at radius 3 is 2.63 bits per heavy atom. The van der Waals surface area contributed by atoms with Crippen molar-refractivity contribution in [1.82, 2.24) is 10.6 Å². The molecule has 9 heteroatoms. The molecule has 1 aliphatic heterocycles. The van der Waals surface area contributed by atoms with Gasteiger partial charge < -0.3 is 25.8 Å². The first kappa shape index (κ1) is 30.4. The van der Waals surface area contributed by atoms with Gasteiger partial charge in [0.05, 0.1) is 24.3 Å². The van der Waals surface area contributed by atoms with E-state index in [4.69, 9.17) is 4.74 Å². The SMILES string of the molecule is CC(C)c1cccc(CNC[C@@H](O)[C@@H]2Cc3cccc(c3)OCCCCNc3cc(cc(C(F)(F)F)c3)C(=O)N2)c1. The Bertz CT molecular complexity index is 1310. The lowest BCUT2D eigenvalue weighted by molar-refractivity contribution is -0.137. The number of anilines is 1. The summed E-state index contributed by atoms with van der Waals surface area (Å²) >= 11 is 0. The molecule has 220 valence electrons. The van der Waals surface area contributed by atoms with Gasteiger partial charge in [-0.15, -0.1) is 0 Å².